The van der Waals surface area contributed by atoms with E-state index in [4.69, 9.17) is 4.42 Å². The zero-order chi connectivity index (χ0) is 19.9. The van der Waals surface area contributed by atoms with Crippen LogP contribution in [0.4, 0.5) is 0 Å². The number of aryl methyl sites for hydroxylation is 2. The molecule has 0 saturated carbocycles. The molecule has 0 fully saturated rings. The van der Waals surface area contributed by atoms with Crippen molar-refractivity contribution >= 4 is 17.7 Å². The summed E-state index contributed by atoms with van der Waals surface area (Å²) in [6.07, 6.45) is 1.90. The van der Waals surface area contributed by atoms with E-state index in [1.807, 2.05) is 48.5 Å². The molecule has 1 amide bonds. The number of nitrogens with one attached hydrogen (secondary N) is 1. The maximum atomic E-state index is 12.4. The van der Waals surface area contributed by atoms with Crippen molar-refractivity contribution in [1.29, 1.82) is 0 Å². The normalized spacial score (nSPS) is 12.0. The molecular formula is C22H25N3O2S. The largest absolute Gasteiger partial charge is 0.411 e. The molecule has 2 aromatic carbocycles. The van der Waals surface area contributed by atoms with Gasteiger partial charge in [0, 0.05) is 5.56 Å². The lowest BCUT2D eigenvalue weighted by Crippen LogP contribution is -2.29. The van der Waals surface area contributed by atoms with E-state index in [0.29, 0.717) is 11.1 Å². The summed E-state index contributed by atoms with van der Waals surface area (Å²) in [7, 11) is 0. The van der Waals surface area contributed by atoms with E-state index in [2.05, 4.69) is 36.3 Å². The molecule has 0 saturated heterocycles. The molecule has 1 aromatic heterocycles. The molecule has 0 radical (unpaired) electrons. The summed E-state index contributed by atoms with van der Waals surface area (Å²) < 4.78 is 5.71. The van der Waals surface area contributed by atoms with Crippen LogP contribution in [0.3, 0.4) is 0 Å². The summed E-state index contributed by atoms with van der Waals surface area (Å²) in [5.74, 6) is 0.666. The van der Waals surface area contributed by atoms with Crippen LogP contribution in [0, 0.1) is 13.8 Å². The molecule has 0 spiro atoms. The summed E-state index contributed by atoms with van der Waals surface area (Å²) in [5, 5.41) is 11.7. The molecule has 6 heteroatoms. The standard InChI is InChI=1S/C22H25N3O2S/c1-4-8-19(17-9-6-5-7-10-17)23-20(26)14-28-22-25-24-21(27-22)18-12-11-15(2)16(3)13-18/h5-7,9-13,19H,4,8,14H2,1-3H3,(H,23,26)/t19-/m1/s1. The zero-order valence-electron chi connectivity index (χ0n) is 16.4. The lowest BCUT2D eigenvalue weighted by molar-refractivity contribution is -0.119. The van der Waals surface area contributed by atoms with E-state index in [9.17, 15) is 4.79 Å². The van der Waals surface area contributed by atoms with E-state index in [0.717, 1.165) is 24.0 Å². The highest BCUT2D eigenvalue weighted by Gasteiger charge is 2.16. The molecular weight excluding hydrogens is 370 g/mol. The maximum Gasteiger partial charge on any atom is 0.277 e. The van der Waals surface area contributed by atoms with Gasteiger partial charge >= 0.3 is 0 Å². The van der Waals surface area contributed by atoms with Gasteiger partial charge in [0.15, 0.2) is 0 Å². The van der Waals surface area contributed by atoms with Crippen LogP contribution in [-0.2, 0) is 4.79 Å². The van der Waals surface area contributed by atoms with Crippen LogP contribution in [0.25, 0.3) is 11.5 Å². The SMILES string of the molecule is CCC[C@@H](NC(=O)CSc1nnc(-c2ccc(C)c(C)c2)o1)c1ccccc1. The Morgan fingerprint density at radius 2 is 1.89 bits per heavy atom. The van der Waals surface area contributed by atoms with Gasteiger partial charge in [-0.25, -0.2) is 0 Å². The number of benzene rings is 2. The van der Waals surface area contributed by atoms with Crippen molar-refractivity contribution < 1.29 is 9.21 Å². The second-order valence-corrected chi connectivity index (χ2v) is 7.71. The zero-order valence-corrected chi connectivity index (χ0v) is 17.3. The van der Waals surface area contributed by atoms with Gasteiger partial charge in [0.1, 0.15) is 0 Å². The molecule has 1 N–H and O–H groups in total. The predicted molar refractivity (Wildman–Crippen MR) is 112 cm³/mol. The van der Waals surface area contributed by atoms with Crippen LogP contribution in [0.5, 0.6) is 0 Å². The van der Waals surface area contributed by atoms with E-state index in [1.165, 1.54) is 22.9 Å². The van der Waals surface area contributed by atoms with E-state index < -0.39 is 0 Å². The van der Waals surface area contributed by atoms with Gasteiger partial charge in [-0.05, 0) is 49.1 Å². The van der Waals surface area contributed by atoms with Crippen LogP contribution < -0.4 is 5.32 Å². The number of rotatable bonds is 8. The first-order valence-corrected chi connectivity index (χ1v) is 10.4. The Balaban J connectivity index is 1.58. The quantitative estimate of drug-likeness (QED) is 0.537. The highest BCUT2D eigenvalue weighted by Crippen LogP contribution is 2.25. The molecule has 0 aliphatic heterocycles. The second-order valence-electron chi connectivity index (χ2n) is 6.78. The van der Waals surface area contributed by atoms with Crippen molar-refractivity contribution in [2.24, 2.45) is 0 Å². The van der Waals surface area contributed by atoms with Crippen molar-refractivity contribution in [2.45, 2.75) is 44.9 Å². The van der Waals surface area contributed by atoms with Crippen LogP contribution in [-0.4, -0.2) is 21.9 Å². The molecule has 146 valence electrons. The van der Waals surface area contributed by atoms with Crippen LogP contribution in [0.15, 0.2) is 58.2 Å². The molecule has 3 rings (SSSR count). The van der Waals surface area contributed by atoms with Gasteiger partial charge < -0.3 is 9.73 Å². The summed E-state index contributed by atoms with van der Waals surface area (Å²) in [4.78, 5) is 12.4. The molecule has 28 heavy (non-hydrogen) atoms. The number of hydrogen-bond acceptors (Lipinski definition) is 5. The van der Waals surface area contributed by atoms with E-state index in [-0.39, 0.29) is 17.7 Å². The van der Waals surface area contributed by atoms with Gasteiger partial charge in [0.2, 0.25) is 11.8 Å². The van der Waals surface area contributed by atoms with Gasteiger partial charge in [-0.15, -0.1) is 10.2 Å². The first kappa shape index (κ1) is 20.1. The molecule has 0 bridgehead atoms. The number of thioether (sulfide) groups is 1. The highest BCUT2D eigenvalue weighted by molar-refractivity contribution is 7.99. The van der Waals surface area contributed by atoms with E-state index >= 15 is 0 Å². The van der Waals surface area contributed by atoms with Crippen molar-refractivity contribution in [3.8, 4) is 11.5 Å². The minimum absolute atomic E-state index is 0.0214. The molecule has 1 heterocycles. The number of hydrogen-bond donors (Lipinski definition) is 1. The average molecular weight is 396 g/mol. The number of amides is 1. The van der Waals surface area contributed by atoms with Crippen molar-refractivity contribution in [1.82, 2.24) is 15.5 Å². The second kappa shape index (κ2) is 9.55. The minimum Gasteiger partial charge on any atom is -0.411 e. The summed E-state index contributed by atoms with van der Waals surface area (Å²) in [6, 6.07) is 16.1. The fraction of sp³-hybridized carbons (Fsp3) is 0.318. The monoisotopic (exact) mass is 395 g/mol. The lowest BCUT2D eigenvalue weighted by atomic mass is 10.0. The first-order chi connectivity index (χ1) is 13.6. The van der Waals surface area contributed by atoms with Crippen molar-refractivity contribution in [3.63, 3.8) is 0 Å². The highest BCUT2D eigenvalue weighted by atomic mass is 32.2. The Morgan fingerprint density at radius 3 is 2.61 bits per heavy atom. The van der Waals surface area contributed by atoms with Gasteiger partial charge in [-0.2, -0.15) is 0 Å². The maximum absolute atomic E-state index is 12.4. The molecule has 0 unspecified atom stereocenters. The third-order valence-corrected chi connectivity index (χ3v) is 5.42. The third kappa shape index (κ3) is 5.23. The average Bonchev–Trinajstić information content (AvgIpc) is 3.18. The molecule has 0 aliphatic carbocycles. The number of carbonyl (C=O) groups is 1. The third-order valence-electron chi connectivity index (χ3n) is 4.60. The van der Waals surface area contributed by atoms with Gasteiger partial charge in [0.25, 0.3) is 5.22 Å². The van der Waals surface area contributed by atoms with Gasteiger partial charge in [0.05, 0.1) is 11.8 Å². The van der Waals surface area contributed by atoms with Crippen LogP contribution in [0.2, 0.25) is 0 Å². The Hall–Kier alpha value is -2.60. The Labute approximate surface area is 170 Å². The van der Waals surface area contributed by atoms with Gasteiger partial charge in [-0.3, -0.25) is 4.79 Å². The number of aromatic nitrogens is 2. The summed E-state index contributed by atoms with van der Waals surface area (Å²) >= 11 is 1.25. The van der Waals surface area contributed by atoms with Crippen molar-refractivity contribution in [3.05, 3.63) is 65.2 Å². The van der Waals surface area contributed by atoms with Crippen LogP contribution in [0.1, 0.15) is 42.5 Å². The molecule has 5 nitrogen and oxygen atoms in total. The molecule has 1 atom stereocenters. The Bertz CT molecular complexity index is 925. The smallest absolute Gasteiger partial charge is 0.277 e. The Morgan fingerprint density at radius 1 is 1.11 bits per heavy atom. The lowest BCUT2D eigenvalue weighted by Gasteiger charge is -2.18. The summed E-state index contributed by atoms with van der Waals surface area (Å²) in [5.41, 5.74) is 4.40. The summed E-state index contributed by atoms with van der Waals surface area (Å²) in [6.45, 7) is 6.23. The molecule has 3 aromatic rings. The van der Waals surface area contributed by atoms with E-state index in [1.54, 1.807) is 0 Å². The topological polar surface area (TPSA) is 68.0 Å². The predicted octanol–water partition coefficient (Wildman–Crippen LogP) is 5.10. The fourth-order valence-electron chi connectivity index (χ4n) is 2.92. The van der Waals surface area contributed by atoms with Crippen LogP contribution >= 0.6 is 11.8 Å². The van der Waals surface area contributed by atoms with Gasteiger partial charge in [-0.1, -0.05) is 61.5 Å². The number of nitrogens with zero attached hydrogens (tertiary/aromatic N) is 2. The molecule has 0 aliphatic rings. The van der Waals surface area contributed by atoms with Crippen molar-refractivity contribution in [2.75, 3.05) is 5.75 Å². The minimum atomic E-state index is -0.0433. The number of carbonyl (C=O) groups excluding carboxylic acids is 1. The Kier molecular flexibility index (Phi) is 6.87. The fourth-order valence-corrected chi connectivity index (χ4v) is 3.49. The first-order valence-electron chi connectivity index (χ1n) is 9.45.